The first-order chi connectivity index (χ1) is 14.6. The first-order valence-electron chi connectivity index (χ1n) is 9.52. The highest BCUT2D eigenvalue weighted by Crippen LogP contribution is 2.34. The van der Waals surface area contributed by atoms with E-state index in [1.54, 1.807) is 28.6 Å². The molecule has 5 nitrogen and oxygen atoms in total. The van der Waals surface area contributed by atoms with Crippen LogP contribution in [-0.4, -0.2) is 20.9 Å². The van der Waals surface area contributed by atoms with E-state index in [0.29, 0.717) is 16.7 Å². The number of thiazole rings is 2. The maximum atomic E-state index is 13.6. The Bertz CT molecular complexity index is 1340. The van der Waals surface area contributed by atoms with Gasteiger partial charge in [-0.05, 0) is 54.8 Å². The van der Waals surface area contributed by atoms with Crippen LogP contribution in [0.15, 0.2) is 60.9 Å². The zero-order chi connectivity index (χ0) is 20.7. The summed E-state index contributed by atoms with van der Waals surface area (Å²) >= 11 is 2.95. The Hall–Kier alpha value is -3.16. The lowest BCUT2D eigenvalue weighted by molar-refractivity contribution is 0.0985. The molecular weight excluding hydrogens is 412 g/mol. The number of fused-ring (bicyclic) bond motifs is 2. The summed E-state index contributed by atoms with van der Waals surface area (Å²) in [5.41, 5.74) is 5.03. The molecule has 0 saturated heterocycles. The maximum Gasteiger partial charge on any atom is 0.289 e. The number of rotatable bonds is 4. The number of amides is 1. The number of para-hydroxylation sites is 1. The molecule has 0 unspecified atom stereocenters. The minimum atomic E-state index is -0.145. The number of hydrogen-bond donors (Lipinski definition) is 0. The van der Waals surface area contributed by atoms with Crippen LogP contribution in [0.3, 0.4) is 0 Å². The van der Waals surface area contributed by atoms with Crippen molar-refractivity contribution in [1.29, 1.82) is 0 Å². The van der Waals surface area contributed by atoms with Crippen LogP contribution in [0.25, 0.3) is 20.4 Å². The van der Waals surface area contributed by atoms with Crippen molar-refractivity contribution in [3.8, 4) is 0 Å². The molecular formula is C23H18N4OS2. The first-order valence-corrected chi connectivity index (χ1v) is 11.2. The Balaban J connectivity index is 1.61. The second kappa shape index (κ2) is 7.59. The van der Waals surface area contributed by atoms with E-state index < -0.39 is 0 Å². The number of hydrogen-bond acceptors (Lipinski definition) is 6. The topological polar surface area (TPSA) is 59.0 Å². The molecule has 148 valence electrons. The van der Waals surface area contributed by atoms with Crippen LogP contribution in [0, 0.1) is 13.8 Å². The lowest BCUT2D eigenvalue weighted by Crippen LogP contribution is -2.30. The molecule has 0 fully saturated rings. The summed E-state index contributed by atoms with van der Waals surface area (Å²) < 4.78 is 2.10. The predicted molar refractivity (Wildman–Crippen MR) is 123 cm³/mol. The first kappa shape index (κ1) is 18.8. The maximum absolute atomic E-state index is 13.6. The van der Waals surface area contributed by atoms with Crippen molar-refractivity contribution >= 4 is 54.1 Å². The van der Waals surface area contributed by atoms with Gasteiger partial charge in [-0.15, -0.1) is 11.3 Å². The van der Waals surface area contributed by atoms with Crippen molar-refractivity contribution in [1.82, 2.24) is 15.0 Å². The normalized spacial score (nSPS) is 11.3. The average molecular weight is 431 g/mol. The van der Waals surface area contributed by atoms with Gasteiger partial charge in [-0.3, -0.25) is 14.7 Å². The van der Waals surface area contributed by atoms with E-state index in [1.807, 2.05) is 36.4 Å². The number of nitrogens with zero attached hydrogens (tertiary/aromatic N) is 4. The standard InChI is InChI=1S/C23H18N4OS2/c1-14-10-15(2)20-18(11-14)26-23(30-20)27(13-16-6-5-9-24-12-16)22(28)21-25-17-7-3-4-8-19(17)29-21/h3-12H,13H2,1-2H3. The van der Waals surface area contributed by atoms with Gasteiger partial charge in [-0.1, -0.05) is 35.6 Å². The Kier molecular flexibility index (Phi) is 4.77. The molecule has 0 spiro atoms. The Morgan fingerprint density at radius 1 is 1.00 bits per heavy atom. The fourth-order valence-electron chi connectivity index (χ4n) is 3.46. The van der Waals surface area contributed by atoms with E-state index in [-0.39, 0.29) is 5.91 Å². The van der Waals surface area contributed by atoms with E-state index in [4.69, 9.17) is 4.98 Å². The van der Waals surface area contributed by atoms with Gasteiger partial charge in [-0.25, -0.2) is 9.97 Å². The summed E-state index contributed by atoms with van der Waals surface area (Å²) in [6, 6.07) is 15.9. The molecule has 0 aliphatic heterocycles. The quantitative estimate of drug-likeness (QED) is 0.363. The molecule has 3 heterocycles. The summed E-state index contributed by atoms with van der Waals surface area (Å²) in [5.74, 6) is -0.145. The molecule has 5 rings (SSSR count). The minimum absolute atomic E-state index is 0.145. The summed E-state index contributed by atoms with van der Waals surface area (Å²) in [5, 5.41) is 1.14. The van der Waals surface area contributed by atoms with Gasteiger partial charge < -0.3 is 0 Å². The second-order valence-electron chi connectivity index (χ2n) is 7.17. The molecule has 0 radical (unpaired) electrons. The lowest BCUT2D eigenvalue weighted by Gasteiger charge is -2.18. The van der Waals surface area contributed by atoms with Crippen LogP contribution in [-0.2, 0) is 6.54 Å². The van der Waals surface area contributed by atoms with E-state index >= 15 is 0 Å². The third kappa shape index (κ3) is 3.46. The smallest absolute Gasteiger partial charge is 0.277 e. The van der Waals surface area contributed by atoms with Crippen molar-refractivity contribution in [3.05, 3.63) is 82.6 Å². The van der Waals surface area contributed by atoms with Gasteiger partial charge in [0, 0.05) is 12.4 Å². The number of pyridine rings is 1. The van der Waals surface area contributed by atoms with E-state index in [2.05, 4.69) is 35.9 Å². The van der Waals surface area contributed by atoms with Gasteiger partial charge in [0.05, 0.1) is 27.0 Å². The van der Waals surface area contributed by atoms with Crippen molar-refractivity contribution in [3.63, 3.8) is 0 Å². The SMILES string of the molecule is Cc1cc(C)c2sc(N(Cc3cccnc3)C(=O)c3nc4ccccc4s3)nc2c1. The molecule has 0 aliphatic carbocycles. The minimum Gasteiger partial charge on any atom is -0.277 e. The van der Waals surface area contributed by atoms with Crippen LogP contribution in [0.2, 0.25) is 0 Å². The molecule has 30 heavy (non-hydrogen) atoms. The van der Waals surface area contributed by atoms with Crippen LogP contribution >= 0.6 is 22.7 Å². The molecule has 0 N–H and O–H groups in total. The third-order valence-corrected chi connectivity index (χ3v) is 7.08. The zero-order valence-electron chi connectivity index (χ0n) is 16.5. The van der Waals surface area contributed by atoms with Gasteiger partial charge in [0.25, 0.3) is 5.91 Å². The number of anilines is 1. The largest absolute Gasteiger partial charge is 0.289 e. The van der Waals surface area contributed by atoms with Gasteiger partial charge in [0.1, 0.15) is 0 Å². The molecule has 0 saturated carbocycles. The summed E-state index contributed by atoms with van der Waals surface area (Å²) in [6.07, 6.45) is 3.51. The highest BCUT2D eigenvalue weighted by Gasteiger charge is 2.25. The number of aryl methyl sites for hydroxylation is 2. The Morgan fingerprint density at radius 2 is 1.87 bits per heavy atom. The van der Waals surface area contributed by atoms with E-state index in [9.17, 15) is 4.79 Å². The van der Waals surface area contributed by atoms with Gasteiger partial charge in [0.2, 0.25) is 0 Å². The van der Waals surface area contributed by atoms with Crippen molar-refractivity contribution < 1.29 is 4.79 Å². The molecule has 5 aromatic rings. The van der Waals surface area contributed by atoms with Crippen LogP contribution in [0.4, 0.5) is 5.13 Å². The van der Waals surface area contributed by atoms with Gasteiger partial charge in [-0.2, -0.15) is 0 Å². The van der Waals surface area contributed by atoms with Crippen molar-refractivity contribution in [2.24, 2.45) is 0 Å². The summed E-state index contributed by atoms with van der Waals surface area (Å²) in [4.78, 5) is 28.9. The van der Waals surface area contributed by atoms with Crippen molar-refractivity contribution in [2.75, 3.05) is 4.90 Å². The lowest BCUT2D eigenvalue weighted by atomic mass is 10.1. The van der Waals surface area contributed by atoms with Gasteiger partial charge >= 0.3 is 0 Å². The van der Waals surface area contributed by atoms with Crippen molar-refractivity contribution in [2.45, 2.75) is 20.4 Å². The molecule has 0 bridgehead atoms. The van der Waals surface area contributed by atoms with Crippen LogP contribution in [0.1, 0.15) is 26.5 Å². The Labute approximate surface area is 181 Å². The predicted octanol–water partition coefficient (Wildman–Crippen LogP) is 5.76. The molecule has 0 atom stereocenters. The summed E-state index contributed by atoms with van der Waals surface area (Å²) in [6.45, 7) is 4.53. The van der Waals surface area contributed by atoms with E-state index in [0.717, 1.165) is 31.6 Å². The molecule has 7 heteroatoms. The number of benzene rings is 2. The van der Waals surface area contributed by atoms with Gasteiger partial charge in [0.15, 0.2) is 10.1 Å². The highest BCUT2D eigenvalue weighted by molar-refractivity contribution is 7.23. The van der Waals surface area contributed by atoms with Crippen LogP contribution < -0.4 is 4.90 Å². The molecule has 2 aromatic carbocycles. The third-order valence-electron chi connectivity index (χ3n) is 4.83. The fourth-order valence-corrected chi connectivity index (χ4v) is 5.39. The second-order valence-corrected chi connectivity index (χ2v) is 9.17. The Morgan fingerprint density at radius 3 is 2.67 bits per heavy atom. The molecule has 3 aromatic heterocycles. The molecule has 1 amide bonds. The van der Waals surface area contributed by atoms with E-state index in [1.165, 1.54) is 16.9 Å². The zero-order valence-corrected chi connectivity index (χ0v) is 18.1. The highest BCUT2D eigenvalue weighted by atomic mass is 32.1. The average Bonchev–Trinajstić information content (AvgIpc) is 3.36. The monoisotopic (exact) mass is 430 g/mol. The molecule has 0 aliphatic rings. The fraction of sp³-hybridized carbons (Fsp3) is 0.130. The summed E-state index contributed by atoms with van der Waals surface area (Å²) in [7, 11) is 0. The number of carbonyl (C=O) groups is 1. The van der Waals surface area contributed by atoms with Crippen LogP contribution in [0.5, 0.6) is 0 Å². The number of aromatic nitrogens is 3. The number of carbonyl (C=O) groups excluding carboxylic acids is 1.